The normalized spacial score (nSPS) is 18.7. The second kappa shape index (κ2) is 3.94. The fourth-order valence-electron chi connectivity index (χ4n) is 1.37. The molecule has 78 valence electrons. The predicted molar refractivity (Wildman–Crippen MR) is 59.3 cm³/mol. The van der Waals surface area contributed by atoms with Gasteiger partial charge in [-0.15, -0.1) is 0 Å². The van der Waals surface area contributed by atoms with Gasteiger partial charge in [-0.3, -0.25) is 0 Å². The Morgan fingerprint density at radius 1 is 1.53 bits per heavy atom. The summed E-state index contributed by atoms with van der Waals surface area (Å²) in [6.07, 6.45) is 0.904. The molecular formula is C10H10N2O2S. The van der Waals surface area contributed by atoms with Crippen molar-refractivity contribution >= 4 is 28.8 Å². The fourth-order valence-corrected chi connectivity index (χ4v) is 2.38. The van der Waals surface area contributed by atoms with E-state index >= 15 is 0 Å². The lowest BCUT2D eigenvalue weighted by atomic mass is 10.2. The Hall–Kier alpha value is -1.49. The Kier molecular flexibility index (Phi) is 2.64. The van der Waals surface area contributed by atoms with E-state index in [-0.39, 0.29) is 6.42 Å². The highest BCUT2D eigenvalue weighted by molar-refractivity contribution is 7.84. The average molecular weight is 222 g/mol. The summed E-state index contributed by atoms with van der Waals surface area (Å²) < 4.78 is 15.6. The summed E-state index contributed by atoms with van der Waals surface area (Å²) in [6, 6.07) is 5.61. The van der Waals surface area contributed by atoms with Gasteiger partial charge >= 0.3 is 0 Å². The van der Waals surface area contributed by atoms with Crippen molar-refractivity contribution in [3.63, 3.8) is 0 Å². The second-order valence-electron chi connectivity index (χ2n) is 3.28. The average Bonchev–Trinajstić information content (AvgIpc) is 2.20. The van der Waals surface area contributed by atoms with E-state index in [4.69, 9.17) is 0 Å². The predicted octanol–water partition coefficient (Wildman–Crippen LogP) is 1.43. The summed E-state index contributed by atoms with van der Waals surface area (Å²) in [5.74, 6) is 0.458. The molecule has 0 amide bonds. The van der Waals surface area contributed by atoms with Crippen molar-refractivity contribution in [3.8, 4) is 0 Å². The van der Waals surface area contributed by atoms with Crippen molar-refractivity contribution in [2.75, 3.05) is 5.32 Å². The van der Waals surface area contributed by atoms with Crippen LogP contribution in [0.3, 0.4) is 0 Å². The minimum Gasteiger partial charge on any atom is -0.342 e. The lowest BCUT2D eigenvalue weighted by Crippen LogP contribution is -2.19. The van der Waals surface area contributed by atoms with E-state index in [1.165, 1.54) is 0 Å². The van der Waals surface area contributed by atoms with Gasteiger partial charge in [0.25, 0.3) is 0 Å². The third-order valence-electron chi connectivity index (χ3n) is 2.07. The van der Waals surface area contributed by atoms with Gasteiger partial charge in [-0.2, -0.15) is 4.40 Å². The molecule has 2 rings (SSSR count). The topological polar surface area (TPSA) is 58.5 Å². The number of anilines is 1. The van der Waals surface area contributed by atoms with Gasteiger partial charge in [-0.25, -0.2) is 4.21 Å². The van der Waals surface area contributed by atoms with Crippen LogP contribution in [0, 0.1) is 6.92 Å². The molecule has 1 N–H and O–H groups in total. The van der Waals surface area contributed by atoms with Crippen molar-refractivity contribution < 1.29 is 9.00 Å². The third kappa shape index (κ3) is 1.97. The van der Waals surface area contributed by atoms with Gasteiger partial charge in [0.2, 0.25) is 0 Å². The molecular weight excluding hydrogens is 212 g/mol. The number of fused-ring (bicyclic) bond motifs is 1. The maximum absolute atomic E-state index is 11.7. The second-order valence-corrected chi connectivity index (χ2v) is 4.40. The molecule has 1 aromatic rings. The summed E-state index contributed by atoms with van der Waals surface area (Å²) in [5.41, 5.74) is 1.81. The Bertz CT molecular complexity index is 468. The number of hydrogen-bond acceptors (Lipinski definition) is 3. The Morgan fingerprint density at radius 2 is 2.33 bits per heavy atom. The number of hydrogen-bond donors (Lipinski definition) is 1. The molecule has 1 atom stereocenters. The van der Waals surface area contributed by atoms with Crippen LogP contribution in [-0.2, 0) is 15.8 Å². The van der Waals surface area contributed by atoms with E-state index in [0.717, 1.165) is 17.5 Å². The van der Waals surface area contributed by atoms with E-state index in [1.807, 2.05) is 25.1 Å². The standard InChI is InChI=1S/C10H10N2O2S/c1-7-2-3-8-9(6-7)15(14)12-10(11-8)4-5-13/h2-3,5-6H,4H2,1H3,(H,11,12). The molecule has 1 unspecified atom stereocenters. The van der Waals surface area contributed by atoms with E-state index < -0.39 is 11.0 Å². The van der Waals surface area contributed by atoms with E-state index in [2.05, 4.69) is 9.71 Å². The minimum atomic E-state index is -1.39. The summed E-state index contributed by atoms with van der Waals surface area (Å²) in [6.45, 7) is 1.93. The van der Waals surface area contributed by atoms with Crippen LogP contribution in [0.25, 0.3) is 0 Å². The molecule has 0 fully saturated rings. The highest BCUT2D eigenvalue weighted by atomic mass is 32.2. The first kappa shape index (κ1) is 10.0. The number of benzene rings is 1. The van der Waals surface area contributed by atoms with Crippen LogP contribution in [0.4, 0.5) is 5.69 Å². The molecule has 5 heteroatoms. The molecule has 1 aliphatic heterocycles. The Morgan fingerprint density at radius 3 is 3.07 bits per heavy atom. The maximum Gasteiger partial charge on any atom is 0.176 e. The zero-order valence-electron chi connectivity index (χ0n) is 8.19. The van der Waals surface area contributed by atoms with Crippen molar-refractivity contribution in [3.05, 3.63) is 23.8 Å². The molecule has 0 aromatic heterocycles. The lowest BCUT2D eigenvalue weighted by Gasteiger charge is -2.16. The number of aldehydes is 1. The molecule has 1 heterocycles. The Balaban J connectivity index is 2.40. The van der Waals surface area contributed by atoms with E-state index in [0.29, 0.717) is 10.7 Å². The molecule has 0 saturated heterocycles. The fraction of sp³-hybridized carbons (Fsp3) is 0.200. The van der Waals surface area contributed by atoms with Crippen LogP contribution in [0.2, 0.25) is 0 Å². The van der Waals surface area contributed by atoms with Crippen molar-refractivity contribution in [1.82, 2.24) is 0 Å². The van der Waals surface area contributed by atoms with Gasteiger partial charge in [0.1, 0.15) is 12.1 Å². The molecule has 1 aromatic carbocycles. The summed E-state index contributed by atoms with van der Waals surface area (Å²) in [4.78, 5) is 11.0. The zero-order chi connectivity index (χ0) is 10.8. The zero-order valence-corrected chi connectivity index (χ0v) is 9.00. The van der Waals surface area contributed by atoms with Crippen molar-refractivity contribution in [1.29, 1.82) is 0 Å². The number of nitrogens with one attached hydrogen (secondary N) is 1. The van der Waals surface area contributed by atoms with Gasteiger partial charge in [0.15, 0.2) is 11.0 Å². The summed E-state index contributed by atoms with van der Waals surface area (Å²) in [5, 5.41) is 2.98. The number of aryl methyl sites for hydroxylation is 1. The number of carbonyl (C=O) groups is 1. The lowest BCUT2D eigenvalue weighted by molar-refractivity contribution is -0.106. The quantitative estimate of drug-likeness (QED) is 0.770. The number of amidine groups is 1. The third-order valence-corrected chi connectivity index (χ3v) is 3.17. The van der Waals surface area contributed by atoms with Crippen LogP contribution < -0.4 is 5.32 Å². The first-order valence-electron chi connectivity index (χ1n) is 4.51. The molecule has 0 aliphatic carbocycles. The molecule has 15 heavy (non-hydrogen) atoms. The van der Waals surface area contributed by atoms with Gasteiger partial charge < -0.3 is 10.1 Å². The van der Waals surface area contributed by atoms with Crippen molar-refractivity contribution in [2.24, 2.45) is 4.40 Å². The van der Waals surface area contributed by atoms with Gasteiger partial charge in [-0.1, -0.05) is 6.07 Å². The van der Waals surface area contributed by atoms with Gasteiger partial charge in [0, 0.05) is 0 Å². The van der Waals surface area contributed by atoms with E-state index in [9.17, 15) is 9.00 Å². The molecule has 0 radical (unpaired) electrons. The number of nitrogens with zero attached hydrogens (tertiary/aromatic N) is 1. The molecule has 0 saturated carbocycles. The SMILES string of the molecule is Cc1ccc2c(c1)S(=O)N=C(CC=O)N2. The number of carbonyl (C=O) groups excluding carboxylic acids is 1. The smallest absolute Gasteiger partial charge is 0.176 e. The first-order chi connectivity index (χ1) is 7.20. The van der Waals surface area contributed by atoms with Crippen LogP contribution in [0.5, 0.6) is 0 Å². The van der Waals surface area contributed by atoms with Crippen LogP contribution in [0.1, 0.15) is 12.0 Å². The number of rotatable bonds is 2. The molecule has 1 aliphatic rings. The molecule has 0 spiro atoms. The highest BCUT2D eigenvalue weighted by Crippen LogP contribution is 2.25. The van der Waals surface area contributed by atoms with Crippen LogP contribution >= 0.6 is 0 Å². The monoisotopic (exact) mass is 222 g/mol. The van der Waals surface area contributed by atoms with Gasteiger partial charge in [0.05, 0.1) is 17.0 Å². The first-order valence-corrected chi connectivity index (χ1v) is 5.62. The van der Waals surface area contributed by atoms with Crippen LogP contribution in [-0.4, -0.2) is 16.3 Å². The van der Waals surface area contributed by atoms with Crippen LogP contribution in [0.15, 0.2) is 27.5 Å². The maximum atomic E-state index is 11.7. The Labute approximate surface area is 90.0 Å². The van der Waals surface area contributed by atoms with E-state index in [1.54, 1.807) is 0 Å². The van der Waals surface area contributed by atoms with Gasteiger partial charge in [-0.05, 0) is 24.6 Å². The minimum absolute atomic E-state index is 0.166. The molecule has 4 nitrogen and oxygen atoms in total. The summed E-state index contributed by atoms with van der Waals surface area (Å²) in [7, 11) is -1.39. The van der Waals surface area contributed by atoms with Crippen molar-refractivity contribution in [2.45, 2.75) is 18.2 Å². The highest BCUT2D eigenvalue weighted by Gasteiger charge is 2.17. The summed E-state index contributed by atoms with van der Waals surface area (Å²) >= 11 is 0. The largest absolute Gasteiger partial charge is 0.342 e. The molecule has 0 bridgehead atoms.